The molecule has 1 saturated heterocycles. The Morgan fingerprint density at radius 2 is 1.65 bits per heavy atom. The Morgan fingerprint density at radius 3 is 2.24 bits per heavy atom. The molecule has 0 atom stereocenters. The van der Waals surface area contributed by atoms with E-state index in [0.717, 1.165) is 31.6 Å². The number of hydrogen-bond donors (Lipinski definition) is 1. The molecule has 0 aromatic heterocycles. The van der Waals surface area contributed by atoms with E-state index in [9.17, 15) is 8.42 Å². The number of anilines is 1. The molecule has 0 amide bonds. The Hall–Kier alpha value is -0.0700. The van der Waals surface area contributed by atoms with Crippen LogP contribution < -0.4 is 10.0 Å². The molecule has 0 saturated carbocycles. The average Bonchev–Trinajstić information content (AvgIpc) is 2.29. The van der Waals surface area contributed by atoms with Gasteiger partial charge in [-0.05, 0) is 31.4 Å². The topological polar surface area (TPSA) is 63.4 Å². The first-order chi connectivity index (χ1) is 7.59. The van der Waals surface area contributed by atoms with Gasteiger partial charge in [-0.25, -0.2) is 13.6 Å². The third-order valence-electron chi connectivity index (χ3n) is 2.87. The summed E-state index contributed by atoms with van der Waals surface area (Å²) in [5.41, 5.74) is 0.740. The number of rotatable bonds is 2. The van der Waals surface area contributed by atoms with Gasteiger partial charge in [0.2, 0.25) is 10.0 Å². The smallest absolute Gasteiger partial charge is 0.240 e. The largest absolute Gasteiger partial charge is 0.370 e. The Kier molecular flexibility index (Phi) is 5.47. The van der Waals surface area contributed by atoms with Crippen LogP contribution in [-0.4, -0.2) is 51.1 Å². The van der Waals surface area contributed by atoms with Crippen molar-refractivity contribution in [3.05, 3.63) is 24.3 Å². The number of primary sulfonamides is 1. The van der Waals surface area contributed by atoms with Gasteiger partial charge in [0, 0.05) is 42.6 Å². The fourth-order valence-corrected chi connectivity index (χ4v) is 2.85. The molecule has 1 aromatic carbocycles. The molecule has 17 heavy (non-hydrogen) atoms. The maximum Gasteiger partial charge on any atom is 0.240 e. The summed E-state index contributed by atoms with van der Waals surface area (Å²) >= 11 is 0. The van der Waals surface area contributed by atoms with Crippen molar-refractivity contribution in [2.24, 2.45) is 5.14 Å². The molecule has 0 bridgehead atoms. The second kappa shape index (κ2) is 6.20. The van der Waals surface area contributed by atoms with Crippen molar-refractivity contribution in [2.75, 3.05) is 18.0 Å². The van der Waals surface area contributed by atoms with Crippen molar-refractivity contribution in [3.8, 4) is 0 Å². The van der Waals surface area contributed by atoms with Gasteiger partial charge in [0.15, 0.2) is 0 Å². The number of sulfonamides is 1. The number of nitrogens with zero attached hydrogens (tertiary/aromatic N) is 1. The molecule has 2 rings (SSSR count). The molecule has 6 heteroatoms. The first-order valence-corrected chi connectivity index (χ1v) is 7.00. The molecule has 89 valence electrons. The van der Waals surface area contributed by atoms with Gasteiger partial charge in [-0.15, -0.1) is 0 Å². The van der Waals surface area contributed by atoms with Crippen LogP contribution in [0.25, 0.3) is 0 Å². The van der Waals surface area contributed by atoms with E-state index in [-0.39, 0.29) is 34.5 Å². The van der Waals surface area contributed by atoms with Gasteiger partial charge in [-0.1, -0.05) is 12.1 Å². The third-order valence-corrected chi connectivity index (χ3v) is 3.83. The summed E-state index contributed by atoms with van der Waals surface area (Å²) in [6, 6.07) is 6.94. The van der Waals surface area contributed by atoms with Crippen LogP contribution in [0.4, 0.5) is 5.69 Å². The van der Waals surface area contributed by atoms with E-state index < -0.39 is 10.0 Å². The van der Waals surface area contributed by atoms with E-state index in [0.29, 0.717) is 0 Å². The number of piperidine rings is 1. The van der Waals surface area contributed by atoms with Gasteiger partial charge >= 0.3 is 0 Å². The Morgan fingerprint density at radius 1 is 1.06 bits per heavy atom. The maximum atomic E-state index is 11.4. The summed E-state index contributed by atoms with van der Waals surface area (Å²) < 4.78 is 22.9. The second-order valence-electron chi connectivity index (χ2n) is 4.06. The van der Waals surface area contributed by atoms with Crippen molar-refractivity contribution in [3.63, 3.8) is 0 Å². The molecule has 0 unspecified atom stereocenters. The minimum absolute atomic E-state index is 0. The fourth-order valence-electron chi connectivity index (χ4n) is 2.09. The molecule has 1 radical (unpaired) electrons. The molecule has 1 heterocycles. The van der Waals surface area contributed by atoms with Crippen LogP contribution in [0.2, 0.25) is 0 Å². The van der Waals surface area contributed by atoms with Gasteiger partial charge < -0.3 is 4.90 Å². The molecule has 2 N–H and O–H groups in total. The van der Waals surface area contributed by atoms with E-state index in [4.69, 9.17) is 5.14 Å². The van der Waals surface area contributed by atoms with E-state index in [1.807, 2.05) is 12.1 Å². The summed E-state index contributed by atoms with van der Waals surface area (Å²) in [6.45, 7) is 1.82. The van der Waals surface area contributed by atoms with E-state index in [1.54, 1.807) is 12.1 Å². The summed E-state index contributed by atoms with van der Waals surface area (Å²) in [6.07, 6.45) is 3.44. The van der Waals surface area contributed by atoms with Crippen molar-refractivity contribution in [1.82, 2.24) is 0 Å². The van der Waals surface area contributed by atoms with Gasteiger partial charge in [-0.3, -0.25) is 0 Å². The fraction of sp³-hybridized carbons (Fsp3) is 0.455. The predicted octanol–water partition coefficient (Wildman–Crippen LogP) is 0.944. The van der Waals surface area contributed by atoms with Crippen LogP contribution in [0.3, 0.4) is 0 Å². The number of benzene rings is 1. The van der Waals surface area contributed by atoms with Gasteiger partial charge in [0.05, 0.1) is 5.69 Å². The number of hydrogen-bond acceptors (Lipinski definition) is 3. The summed E-state index contributed by atoms with van der Waals surface area (Å²) in [7, 11) is -3.62. The minimum atomic E-state index is -3.62. The molecule has 0 aliphatic carbocycles. The number of nitrogens with two attached hydrogens (primary N) is 1. The summed E-state index contributed by atoms with van der Waals surface area (Å²) in [4.78, 5) is 2.33. The molecule has 0 spiro atoms. The van der Waals surface area contributed by atoms with Crippen LogP contribution in [0, 0.1) is 0 Å². The SMILES string of the molecule is NS(=O)(=O)c1ccccc1N1CCCCC1.[Na]. The van der Waals surface area contributed by atoms with Gasteiger partial charge in [0.1, 0.15) is 4.90 Å². The van der Waals surface area contributed by atoms with Gasteiger partial charge in [-0.2, -0.15) is 0 Å². The first kappa shape index (κ1) is 15.0. The van der Waals surface area contributed by atoms with Crippen LogP contribution in [0.1, 0.15) is 19.3 Å². The second-order valence-corrected chi connectivity index (χ2v) is 5.59. The van der Waals surface area contributed by atoms with E-state index in [2.05, 4.69) is 4.90 Å². The van der Waals surface area contributed by atoms with Crippen LogP contribution in [0.5, 0.6) is 0 Å². The molecule has 1 fully saturated rings. The van der Waals surface area contributed by atoms with Gasteiger partial charge in [0.25, 0.3) is 0 Å². The summed E-state index contributed by atoms with van der Waals surface area (Å²) in [5.74, 6) is 0. The zero-order chi connectivity index (χ0) is 11.6. The molecular formula is C11H16N2NaO2S. The quantitative estimate of drug-likeness (QED) is 0.808. The minimum Gasteiger partial charge on any atom is -0.370 e. The molecule has 4 nitrogen and oxygen atoms in total. The average molecular weight is 263 g/mol. The first-order valence-electron chi connectivity index (χ1n) is 5.46. The predicted molar refractivity (Wildman–Crippen MR) is 69.6 cm³/mol. The zero-order valence-corrected chi connectivity index (χ0v) is 12.9. The van der Waals surface area contributed by atoms with Crippen molar-refractivity contribution in [2.45, 2.75) is 24.2 Å². The Bertz CT molecular complexity index is 470. The molecule has 1 aliphatic heterocycles. The summed E-state index contributed by atoms with van der Waals surface area (Å²) in [5, 5.41) is 5.21. The number of para-hydroxylation sites is 1. The van der Waals surface area contributed by atoms with Crippen molar-refractivity contribution < 1.29 is 8.42 Å². The monoisotopic (exact) mass is 263 g/mol. The zero-order valence-electron chi connectivity index (χ0n) is 10.1. The van der Waals surface area contributed by atoms with E-state index >= 15 is 0 Å². The molecule has 1 aromatic rings. The van der Waals surface area contributed by atoms with Crippen LogP contribution >= 0.6 is 0 Å². The van der Waals surface area contributed by atoms with Crippen molar-refractivity contribution >= 4 is 45.3 Å². The standard InChI is InChI=1S/C11H16N2O2S.Na/c12-16(14,15)11-7-3-2-6-10(11)13-8-4-1-5-9-13;/h2-3,6-7H,1,4-5,8-9H2,(H2,12,14,15);. The Balaban J connectivity index is 0.00000144. The van der Waals surface area contributed by atoms with Crippen LogP contribution in [0.15, 0.2) is 29.2 Å². The maximum absolute atomic E-state index is 11.4. The van der Waals surface area contributed by atoms with Crippen LogP contribution in [-0.2, 0) is 10.0 Å². The van der Waals surface area contributed by atoms with E-state index in [1.165, 1.54) is 6.42 Å². The normalized spacial score (nSPS) is 16.4. The Labute approximate surface area is 125 Å². The molecular weight excluding hydrogens is 247 g/mol. The third kappa shape index (κ3) is 3.69. The molecule has 1 aliphatic rings. The van der Waals surface area contributed by atoms with Crippen molar-refractivity contribution in [1.29, 1.82) is 0 Å².